The second kappa shape index (κ2) is 17.9. The van der Waals surface area contributed by atoms with E-state index in [1.165, 1.54) is 0 Å². The van der Waals surface area contributed by atoms with Crippen LogP contribution in [0.5, 0.6) is 0 Å². The van der Waals surface area contributed by atoms with Gasteiger partial charge in [0, 0.05) is 8.55 Å². The quantitative estimate of drug-likeness (QED) is 0.128. The van der Waals surface area contributed by atoms with Gasteiger partial charge in [-0.25, -0.2) is 0 Å². The van der Waals surface area contributed by atoms with E-state index in [1.54, 1.807) is 9.76 Å². The van der Waals surface area contributed by atoms with E-state index < -0.39 is 6.93 Å². The smallest absolute Gasteiger partial charge is 0.155 e. The zero-order chi connectivity index (χ0) is 12.8. The molecule has 0 aromatic carbocycles. The molecule has 0 fully saturated rings. The van der Waals surface area contributed by atoms with Gasteiger partial charge >= 0.3 is 0 Å². The molecule has 0 aromatic rings. The molecule has 0 radical (unpaired) electrons. The first kappa shape index (κ1) is 20.8. The molecule has 0 rings (SSSR count). The Labute approximate surface area is 148 Å². The Morgan fingerprint density at radius 1 is 0.588 bits per heavy atom. The van der Waals surface area contributed by atoms with Crippen molar-refractivity contribution in [1.82, 2.24) is 0 Å². The van der Waals surface area contributed by atoms with Crippen molar-refractivity contribution < 1.29 is 0 Å². The maximum absolute atomic E-state index is 6.00. The van der Waals surface area contributed by atoms with Crippen molar-refractivity contribution in [3.63, 3.8) is 0 Å². The van der Waals surface area contributed by atoms with Crippen LogP contribution in [0, 0.1) is 0 Å². The minimum atomic E-state index is -0.988. The Hall–Kier alpha value is 3.83. The summed E-state index contributed by atoms with van der Waals surface area (Å²) >= 11 is 12.0. The molecule has 17 heavy (non-hydrogen) atoms. The van der Waals surface area contributed by atoms with Crippen LogP contribution in [0.4, 0.5) is 0 Å². The summed E-state index contributed by atoms with van der Waals surface area (Å²) in [5.41, 5.74) is 0. The van der Waals surface area contributed by atoms with Gasteiger partial charge in [-0.2, -0.15) is 22.2 Å². The van der Waals surface area contributed by atoms with Crippen LogP contribution in [0.15, 0.2) is 0 Å². The van der Waals surface area contributed by atoms with Crippen LogP contribution in [0.25, 0.3) is 0 Å². The summed E-state index contributed by atoms with van der Waals surface area (Å²) in [6, 6.07) is 0. The maximum Gasteiger partial charge on any atom is 0.214 e. The monoisotopic (exact) mass is 520 g/mol. The molecule has 0 amide bonds. The molecule has 0 aliphatic carbocycles. The highest BCUT2D eigenvalue weighted by molar-refractivity contribution is 7.76. The van der Waals surface area contributed by atoms with E-state index in [9.17, 15) is 0 Å². The molecule has 0 saturated heterocycles. The zero-order valence-electron chi connectivity index (χ0n) is 11.5. The molecule has 17 heteroatoms. The Morgan fingerprint density at radius 2 is 0.941 bits per heavy atom. The SMILES string of the molecule is [SiH3][SiH2][SiH2][SiH2][SiH2][SiH2][SiH2][SiH2][SiH2][SiH2][SiH2][SiH2][SiH2][SiH2][SiH](Cl)Cl. The van der Waals surface area contributed by atoms with Gasteiger partial charge in [0.1, 0.15) is 0 Å². The summed E-state index contributed by atoms with van der Waals surface area (Å²) in [4.78, 5) is 0. The summed E-state index contributed by atoms with van der Waals surface area (Å²) in [6.45, 7) is -0.988. The predicted molar refractivity (Wildman–Crippen MR) is 140 cm³/mol. The molecule has 0 spiro atoms. The lowest BCUT2D eigenvalue weighted by Gasteiger charge is -1.98. The van der Waals surface area contributed by atoms with Gasteiger partial charge in [-0.05, 0) is 112 Å². The van der Waals surface area contributed by atoms with Crippen LogP contribution >= 0.6 is 22.2 Å². The van der Waals surface area contributed by atoms with Crippen molar-refractivity contribution >= 4 is 150 Å². The van der Waals surface area contributed by atoms with E-state index in [-0.39, 0.29) is 8.55 Å². The summed E-state index contributed by atoms with van der Waals surface area (Å²) in [5.74, 6) is 0. The minimum absolute atomic E-state index is 0.280. The van der Waals surface area contributed by atoms with Gasteiger partial charge in [-0.3, -0.25) is 0 Å². The van der Waals surface area contributed by atoms with Crippen LogP contribution in [-0.4, -0.2) is 128 Å². The zero-order valence-corrected chi connectivity index (χ0v) is 34.6. The fraction of sp³-hybridized carbons (Fsp3) is 0. The van der Waals surface area contributed by atoms with Crippen LogP contribution in [0.1, 0.15) is 0 Å². The fourth-order valence-corrected chi connectivity index (χ4v) is 520. The lowest BCUT2D eigenvalue weighted by Crippen LogP contribution is -2.35. The number of hydrogen-bond donors (Lipinski definition) is 0. The maximum atomic E-state index is 6.00. The first-order valence-electron chi connectivity index (χ1n) is 7.55. The summed E-state index contributed by atoms with van der Waals surface area (Å²) < 4.78 is 0. The second-order valence-corrected chi connectivity index (χ2v) is 137. The van der Waals surface area contributed by atoms with Gasteiger partial charge in [0.2, 0.25) is 6.93 Å². The van der Waals surface area contributed by atoms with Gasteiger partial charge in [0.05, 0.1) is 0 Å². The van der Waals surface area contributed by atoms with Crippen LogP contribution < -0.4 is 0 Å². The van der Waals surface area contributed by atoms with Crippen molar-refractivity contribution in [2.45, 2.75) is 0 Å². The summed E-state index contributed by atoms with van der Waals surface area (Å²) in [6.07, 6.45) is 0. The molecule has 0 bridgehead atoms. The highest BCUT2D eigenvalue weighted by Crippen LogP contribution is 1.89. The van der Waals surface area contributed by atoms with Gasteiger partial charge in [0.25, 0.3) is 0 Å². The van der Waals surface area contributed by atoms with Crippen molar-refractivity contribution in [3.05, 3.63) is 0 Å². The fourth-order valence-electron chi connectivity index (χ4n) is 2.14. The molecular formula is H30Cl2Si15. The van der Waals surface area contributed by atoms with E-state index in [0.717, 1.165) is 85.5 Å². The summed E-state index contributed by atoms with van der Waals surface area (Å²) in [7, 11) is 11.7. The van der Waals surface area contributed by atoms with Crippen molar-refractivity contribution in [1.29, 1.82) is 0 Å². The van der Waals surface area contributed by atoms with Gasteiger partial charge in [0.15, 0.2) is 0 Å². The standard InChI is InChI=1S/Cl2H30Si15/c1-17(2)16-15-14-13-12-11-10-9-8-7-6-5-4-3/h17H,4-16H2,3H3. The third kappa shape index (κ3) is 19.8. The molecule has 0 aliphatic heterocycles. The molecular weight excluding hydrogens is 492 g/mol. The van der Waals surface area contributed by atoms with Crippen molar-refractivity contribution in [3.8, 4) is 0 Å². The predicted octanol–water partition coefficient (Wildman–Crippen LogP) is -12.4. The molecule has 0 saturated carbocycles. The molecule has 0 N–H and O–H groups in total. The molecule has 0 nitrogen and oxygen atoms in total. The van der Waals surface area contributed by atoms with Crippen molar-refractivity contribution in [2.75, 3.05) is 0 Å². The first-order valence-corrected chi connectivity index (χ1v) is 68.0. The molecule has 104 valence electrons. The number of rotatable bonds is 13. The average molecular weight is 522 g/mol. The topological polar surface area (TPSA) is 0 Å². The Morgan fingerprint density at radius 3 is 1.29 bits per heavy atom. The average Bonchev–Trinajstić information content (AvgIpc) is 2.30. The van der Waals surface area contributed by atoms with Gasteiger partial charge in [-0.1, -0.05) is 0 Å². The van der Waals surface area contributed by atoms with E-state index >= 15 is 0 Å². The second-order valence-electron chi connectivity index (χ2n) is 5.07. The third-order valence-corrected chi connectivity index (χ3v) is 265. The van der Waals surface area contributed by atoms with Gasteiger partial charge in [-0.15, -0.1) is 0 Å². The molecule has 0 heterocycles. The highest BCUT2D eigenvalue weighted by atomic mass is 35.7. The number of hydrogen-bond acceptors (Lipinski definition) is 0. The van der Waals surface area contributed by atoms with Crippen LogP contribution in [0.2, 0.25) is 0 Å². The Kier molecular flexibility index (Phi) is 21.9. The summed E-state index contributed by atoms with van der Waals surface area (Å²) in [5, 5.41) is 0. The molecule has 0 aromatic heterocycles. The molecule has 0 unspecified atom stereocenters. The van der Waals surface area contributed by atoms with E-state index in [4.69, 9.17) is 22.2 Å². The third-order valence-electron chi connectivity index (χ3n) is 3.28. The Balaban J connectivity index is 2.89. The largest absolute Gasteiger partial charge is 0.214 e. The van der Waals surface area contributed by atoms with Gasteiger partial charge < -0.3 is 0 Å². The van der Waals surface area contributed by atoms with E-state index in [1.807, 2.05) is 0 Å². The van der Waals surface area contributed by atoms with E-state index in [2.05, 4.69) is 0 Å². The van der Waals surface area contributed by atoms with Crippen molar-refractivity contribution in [2.24, 2.45) is 0 Å². The van der Waals surface area contributed by atoms with Crippen LogP contribution in [-0.2, 0) is 0 Å². The number of halogens is 2. The normalized spacial score (nSPS) is 20.6. The Bertz CT molecular complexity index is 135. The van der Waals surface area contributed by atoms with Crippen LogP contribution in [0.3, 0.4) is 0 Å². The lowest BCUT2D eigenvalue weighted by atomic mass is 26.1. The van der Waals surface area contributed by atoms with E-state index in [0.29, 0.717) is 17.1 Å². The minimum Gasteiger partial charge on any atom is -0.155 e. The molecule has 0 aliphatic rings. The highest BCUT2D eigenvalue weighted by Gasteiger charge is 2.03. The first-order chi connectivity index (χ1) is 8.27. The lowest BCUT2D eigenvalue weighted by molar-refractivity contribution is 3.77. The molecule has 0 atom stereocenters.